The summed E-state index contributed by atoms with van der Waals surface area (Å²) in [5, 5.41) is 4.65. The van der Waals surface area contributed by atoms with Crippen LogP contribution in [0.25, 0.3) is 0 Å². The van der Waals surface area contributed by atoms with E-state index in [2.05, 4.69) is 10.3 Å². The van der Waals surface area contributed by atoms with Gasteiger partial charge in [0.2, 0.25) is 0 Å². The summed E-state index contributed by atoms with van der Waals surface area (Å²) in [7, 11) is 0. The lowest BCUT2D eigenvalue weighted by atomic mass is 10.1. The number of hydrogen-bond donors (Lipinski definition) is 1. The Hall–Kier alpha value is -1.25. The van der Waals surface area contributed by atoms with E-state index in [-0.39, 0.29) is 0 Å². The van der Waals surface area contributed by atoms with Gasteiger partial charge in [0.25, 0.3) is 0 Å². The van der Waals surface area contributed by atoms with E-state index in [4.69, 9.17) is 23.2 Å². The van der Waals surface area contributed by atoms with E-state index >= 15 is 0 Å². The van der Waals surface area contributed by atoms with Crippen molar-refractivity contribution >= 4 is 29.0 Å². The summed E-state index contributed by atoms with van der Waals surface area (Å²) in [6, 6.07) is 9.57. The molecule has 0 amide bonds. The molecule has 1 aromatic heterocycles. The molecule has 0 bridgehead atoms. The first-order chi connectivity index (χ1) is 8.65. The van der Waals surface area contributed by atoms with Gasteiger partial charge in [0, 0.05) is 22.8 Å². The number of aryl methyl sites for hydroxylation is 1. The molecule has 0 saturated heterocycles. The van der Waals surface area contributed by atoms with Gasteiger partial charge >= 0.3 is 0 Å². The molecule has 0 spiro atoms. The maximum absolute atomic E-state index is 6.11. The summed E-state index contributed by atoms with van der Waals surface area (Å²) < 4.78 is 0. The summed E-state index contributed by atoms with van der Waals surface area (Å²) in [6.45, 7) is 2.83. The Morgan fingerprint density at radius 2 is 2.00 bits per heavy atom. The van der Waals surface area contributed by atoms with Crippen LogP contribution in [0.2, 0.25) is 10.0 Å². The highest BCUT2D eigenvalue weighted by Gasteiger charge is 2.01. The van der Waals surface area contributed by atoms with Gasteiger partial charge in [-0.15, -0.1) is 0 Å². The SMILES string of the molecule is Cc1ccnc(NCCc2ccc(Cl)cc2Cl)c1. The zero-order chi connectivity index (χ0) is 13.0. The molecule has 2 rings (SSSR count). The molecule has 0 atom stereocenters. The van der Waals surface area contributed by atoms with Crippen molar-refractivity contribution in [1.29, 1.82) is 0 Å². The van der Waals surface area contributed by atoms with Gasteiger partial charge in [-0.05, 0) is 48.7 Å². The number of nitrogens with one attached hydrogen (secondary N) is 1. The Morgan fingerprint density at radius 1 is 1.17 bits per heavy atom. The first-order valence-electron chi connectivity index (χ1n) is 5.75. The van der Waals surface area contributed by atoms with E-state index in [1.807, 2.05) is 31.2 Å². The van der Waals surface area contributed by atoms with E-state index in [9.17, 15) is 0 Å². The lowest BCUT2D eigenvalue weighted by Gasteiger charge is -2.07. The standard InChI is InChI=1S/C14H14Cl2N2/c1-10-4-6-17-14(8-10)18-7-5-11-2-3-12(15)9-13(11)16/h2-4,6,8-9H,5,7H2,1H3,(H,17,18). The predicted molar refractivity (Wildman–Crippen MR) is 77.6 cm³/mol. The van der Waals surface area contributed by atoms with Crippen molar-refractivity contribution in [3.8, 4) is 0 Å². The minimum Gasteiger partial charge on any atom is -0.370 e. The fourth-order valence-corrected chi connectivity index (χ4v) is 2.19. The number of hydrogen-bond acceptors (Lipinski definition) is 2. The second-order valence-electron chi connectivity index (χ2n) is 4.13. The van der Waals surface area contributed by atoms with Crippen LogP contribution >= 0.6 is 23.2 Å². The van der Waals surface area contributed by atoms with Gasteiger partial charge in [0.15, 0.2) is 0 Å². The van der Waals surface area contributed by atoms with Crippen LogP contribution < -0.4 is 5.32 Å². The summed E-state index contributed by atoms with van der Waals surface area (Å²) >= 11 is 12.0. The summed E-state index contributed by atoms with van der Waals surface area (Å²) in [6.07, 6.45) is 2.64. The van der Waals surface area contributed by atoms with Crippen LogP contribution in [0.15, 0.2) is 36.5 Å². The fraction of sp³-hybridized carbons (Fsp3) is 0.214. The zero-order valence-electron chi connectivity index (χ0n) is 10.1. The van der Waals surface area contributed by atoms with Gasteiger partial charge in [0.1, 0.15) is 5.82 Å². The average Bonchev–Trinajstić information content (AvgIpc) is 2.32. The third-order valence-corrected chi connectivity index (χ3v) is 3.22. The first-order valence-corrected chi connectivity index (χ1v) is 6.51. The van der Waals surface area contributed by atoms with Gasteiger partial charge in [-0.2, -0.15) is 0 Å². The van der Waals surface area contributed by atoms with Crippen LogP contribution in [0.5, 0.6) is 0 Å². The van der Waals surface area contributed by atoms with Crippen molar-refractivity contribution in [2.75, 3.05) is 11.9 Å². The quantitative estimate of drug-likeness (QED) is 0.901. The van der Waals surface area contributed by atoms with Crippen molar-refractivity contribution in [3.63, 3.8) is 0 Å². The molecule has 94 valence electrons. The molecule has 1 heterocycles. The van der Waals surface area contributed by atoms with Gasteiger partial charge in [-0.1, -0.05) is 29.3 Å². The fourth-order valence-electron chi connectivity index (χ4n) is 1.68. The minimum absolute atomic E-state index is 0.664. The minimum atomic E-state index is 0.664. The maximum Gasteiger partial charge on any atom is 0.126 e. The van der Waals surface area contributed by atoms with Crippen LogP contribution in [0, 0.1) is 6.92 Å². The molecule has 18 heavy (non-hydrogen) atoms. The largest absolute Gasteiger partial charge is 0.370 e. The smallest absolute Gasteiger partial charge is 0.126 e. The molecule has 1 aromatic carbocycles. The molecule has 0 aliphatic carbocycles. The van der Waals surface area contributed by atoms with Crippen molar-refractivity contribution in [2.24, 2.45) is 0 Å². The van der Waals surface area contributed by atoms with E-state index in [1.54, 1.807) is 12.3 Å². The Bertz CT molecular complexity index is 541. The second kappa shape index (κ2) is 6.07. The number of aromatic nitrogens is 1. The molecule has 1 N–H and O–H groups in total. The number of rotatable bonds is 4. The molecule has 4 heteroatoms. The maximum atomic E-state index is 6.11. The predicted octanol–water partition coefficient (Wildman–Crippen LogP) is 4.35. The molecule has 0 aliphatic rings. The third-order valence-electron chi connectivity index (χ3n) is 2.63. The highest BCUT2D eigenvalue weighted by atomic mass is 35.5. The Morgan fingerprint density at radius 3 is 2.72 bits per heavy atom. The lowest BCUT2D eigenvalue weighted by molar-refractivity contribution is 1.01. The molecule has 0 fully saturated rings. The van der Waals surface area contributed by atoms with Crippen molar-refractivity contribution in [3.05, 3.63) is 57.7 Å². The van der Waals surface area contributed by atoms with Crippen LogP contribution in [-0.4, -0.2) is 11.5 Å². The molecular formula is C14H14Cl2N2. The van der Waals surface area contributed by atoms with Gasteiger partial charge in [0.05, 0.1) is 0 Å². The van der Waals surface area contributed by atoms with Crippen LogP contribution in [0.1, 0.15) is 11.1 Å². The number of halogens is 2. The van der Waals surface area contributed by atoms with E-state index in [1.165, 1.54) is 5.56 Å². The Kier molecular flexibility index (Phi) is 4.45. The van der Waals surface area contributed by atoms with Crippen LogP contribution in [0.3, 0.4) is 0 Å². The Labute approximate surface area is 117 Å². The zero-order valence-corrected chi connectivity index (χ0v) is 11.6. The topological polar surface area (TPSA) is 24.9 Å². The number of pyridine rings is 1. The normalized spacial score (nSPS) is 10.4. The van der Waals surface area contributed by atoms with Gasteiger partial charge in [-0.25, -0.2) is 4.98 Å². The van der Waals surface area contributed by atoms with Crippen LogP contribution in [0.4, 0.5) is 5.82 Å². The van der Waals surface area contributed by atoms with Crippen LogP contribution in [-0.2, 0) is 6.42 Å². The molecule has 2 aromatic rings. The Balaban J connectivity index is 1.92. The number of benzene rings is 1. The molecule has 0 radical (unpaired) electrons. The molecular weight excluding hydrogens is 267 g/mol. The summed E-state index contributed by atoms with van der Waals surface area (Å²) in [5.74, 6) is 0.889. The van der Waals surface area contributed by atoms with E-state index in [0.717, 1.165) is 24.3 Å². The van der Waals surface area contributed by atoms with Crippen molar-refractivity contribution < 1.29 is 0 Å². The van der Waals surface area contributed by atoms with Gasteiger partial charge in [-0.3, -0.25) is 0 Å². The van der Waals surface area contributed by atoms with Crippen molar-refractivity contribution in [2.45, 2.75) is 13.3 Å². The number of anilines is 1. The monoisotopic (exact) mass is 280 g/mol. The molecule has 0 saturated carbocycles. The highest BCUT2D eigenvalue weighted by Crippen LogP contribution is 2.21. The lowest BCUT2D eigenvalue weighted by Crippen LogP contribution is -2.06. The molecule has 0 unspecified atom stereocenters. The molecule has 0 aliphatic heterocycles. The third kappa shape index (κ3) is 3.62. The second-order valence-corrected chi connectivity index (χ2v) is 4.97. The first kappa shape index (κ1) is 13.2. The van der Waals surface area contributed by atoms with Crippen molar-refractivity contribution in [1.82, 2.24) is 4.98 Å². The molecule has 2 nitrogen and oxygen atoms in total. The number of nitrogens with zero attached hydrogens (tertiary/aromatic N) is 1. The average molecular weight is 281 g/mol. The summed E-state index contributed by atoms with van der Waals surface area (Å²) in [5.41, 5.74) is 2.28. The highest BCUT2D eigenvalue weighted by molar-refractivity contribution is 6.35. The van der Waals surface area contributed by atoms with Gasteiger partial charge < -0.3 is 5.32 Å². The summed E-state index contributed by atoms with van der Waals surface area (Å²) in [4.78, 5) is 4.24. The van der Waals surface area contributed by atoms with E-state index in [0.29, 0.717) is 10.0 Å². The van der Waals surface area contributed by atoms with E-state index < -0.39 is 0 Å².